The van der Waals surface area contributed by atoms with E-state index in [9.17, 15) is 9.59 Å². The maximum atomic E-state index is 11.9. The molecule has 0 heterocycles. The molecule has 2 amide bonds. The number of nitrogens with one attached hydrogen (secondary N) is 1. The quantitative estimate of drug-likeness (QED) is 0.739. The summed E-state index contributed by atoms with van der Waals surface area (Å²) in [6.45, 7) is 8.29. The zero-order valence-corrected chi connectivity index (χ0v) is 12.8. The summed E-state index contributed by atoms with van der Waals surface area (Å²) in [6.07, 6.45) is -0.519. The third-order valence-electron chi connectivity index (χ3n) is 2.16. The number of amides is 2. The van der Waals surface area contributed by atoms with Gasteiger partial charge in [0, 0.05) is 26.2 Å². The van der Waals surface area contributed by atoms with E-state index in [2.05, 4.69) is 5.32 Å². The summed E-state index contributed by atoms with van der Waals surface area (Å²) in [4.78, 5) is 24.5. The van der Waals surface area contributed by atoms with Crippen LogP contribution in [0.4, 0.5) is 9.59 Å². The molecule has 0 aliphatic heterocycles. The standard InChI is InChI=1S/C13H26N2O5/c1-5-19-11(17)14-7-9-15(8-6-10-16)12(18)20-13(2,3)4/h16H,5-10H2,1-4H3,(H,14,17). The van der Waals surface area contributed by atoms with E-state index >= 15 is 0 Å². The minimum atomic E-state index is -0.580. The van der Waals surface area contributed by atoms with Gasteiger partial charge in [-0.15, -0.1) is 0 Å². The Balaban J connectivity index is 4.27. The molecule has 0 aromatic rings. The maximum Gasteiger partial charge on any atom is 0.410 e. The normalized spacial score (nSPS) is 10.8. The van der Waals surface area contributed by atoms with Crippen LogP contribution >= 0.6 is 0 Å². The highest BCUT2D eigenvalue weighted by Crippen LogP contribution is 2.10. The van der Waals surface area contributed by atoms with Crippen molar-refractivity contribution >= 4 is 12.2 Å². The van der Waals surface area contributed by atoms with Gasteiger partial charge in [-0.3, -0.25) is 0 Å². The molecule has 7 heteroatoms. The first-order valence-corrected chi connectivity index (χ1v) is 6.79. The van der Waals surface area contributed by atoms with Crippen LogP contribution in [0.25, 0.3) is 0 Å². The number of nitrogens with zero attached hydrogens (tertiary/aromatic N) is 1. The molecule has 0 fully saturated rings. The molecule has 0 bridgehead atoms. The van der Waals surface area contributed by atoms with E-state index in [1.165, 1.54) is 4.90 Å². The van der Waals surface area contributed by atoms with Gasteiger partial charge in [-0.25, -0.2) is 9.59 Å². The average Bonchev–Trinajstić information content (AvgIpc) is 2.31. The van der Waals surface area contributed by atoms with Gasteiger partial charge in [0.05, 0.1) is 6.61 Å². The minimum Gasteiger partial charge on any atom is -0.450 e. The van der Waals surface area contributed by atoms with Crippen molar-refractivity contribution in [3.8, 4) is 0 Å². The topological polar surface area (TPSA) is 88.1 Å². The molecule has 0 spiro atoms. The molecule has 0 aliphatic rings. The zero-order chi connectivity index (χ0) is 15.6. The molecule has 0 aliphatic carbocycles. The zero-order valence-electron chi connectivity index (χ0n) is 12.8. The van der Waals surface area contributed by atoms with Gasteiger partial charge in [-0.2, -0.15) is 0 Å². The maximum absolute atomic E-state index is 11.9. The fourth-order valence-corrected chi connectivity index (χ4v) is 1.36. The molecule has 0 aromatic carbocycles. The van der Waals surface area contributed by atoms with Gasteiger partial charge in [0.2, 0.25) is 0 Å². The van der Waals surface area contributed by atoms with Crippen LogP contribution in [0, 0.1) is 0 Å². The van der Waals surface area contributed by atoms with E-state index in [0.29, 0.717) is 26.1 Å². The molecule has 0 aromatic heterocycles. The van der Waals surface area contributed by atoms with Crippen LogP contribution < -0.4 is 5.32 Å². The van der Waals surface area contributed by atoms with Crippen LogP contribution in [-0.2, 0) is 9.47 Å². The lowest BCUT2D eigenvalue weighted by Gasteiger charge is -2.27. The number of carbonyl (C=O) groups is 2. The van der Waals surface area contributed by atoms with E-state index in [1.54, 1.807) is 27.7 Å². The summed E-state index contributed by atoms with van der Waals surface area (Å²) in [5.74, 6) is 0. The van der Waals surface area contributed by atoms with Crippen LogP contribution in [0.5, 0.6) is 0 Å². The number of alkyl carbamates (subject to hydrolysis) is 1. The fourth-order valence-electron chi connectivity index (χ4n) is 1.36. The second kappa shape index (κ2) is 9.41. The molecule has 0 saturated heterocycles. The number of aliphatic hydroxyl groups is 1. The van der Waals surface area contributed by atoms with Gasteiger partial charge >= 0.3 is 12.2 Å². The van der Waals surface area contributed by atoms with Crippen molar-refractivity contribution in [1.82, 2.24) is 10.2 Å². The molecule has 7 nitrogen and oxygen atoms in total. The van der Waals surface area contributed by atoms with Crippen molar-refractivity contribution in [1.29, 1.82) is 0 Å². The largest absolute Gasteiger partial charge is 0.450 e. The van der Waals surface area contributed by atoms with E-state index in [-0.39, 0.29) is 13.2 Å². The summed E-state index contributed by atoms with van der Waals surface area (Å²) < 4.78 is 9.98. The summed E-state index contributed by atoms with van der Waals surface area (Å²) >= 11 is 0. The van der Waals surface area contributed by atoms with Crippen molar-refractivity contribution in [2.75, 3.05) is 32.8 Å². The average molecular weight is 290 g/mol. The second-order valence-electron chi connectivity index (χ2n) is 5.19. The van der Waals surface area contributed by atoms with Gasteiger partial charge < -0.3 is 24.8 Å². The van der Waals surface area contributed by atoms with Crippen LogP contribution in [0.3, 0.4) is 0 Å². The molecule has 2 N–H and O–H groups in total. The molecular weight excluding hydrogens is 264 g/mol. The Labute approximate surface area is 120 Å². The van der Waals surface area contributed by atoms with E-state index in [0.717, 1.165) is 0 Å². The number of ether oxygens (including phenoxy) is 2. The fraction of sp³-hybridized carbons (Fsp3) is 0.846. The SMILES string of the molecule is CCOC(=O)NCCN(CCCO)C(=O)OC(C)(C)C. The van der Waals surface area contributed by atoms with Gasteiger partial charge in [0.15, 0.2) is 0 Å². The van der Waals surface area contributed by atoms with Crippen molar-refractivity contribution in [3.63, 3.8) is 0 Å². The van der Waals surface area contributed by atoms with Crippen LogP contribution in [-0.4, -0.2) is 60.6 Å². The number of carbonyl (C=O) groups excluding carboxylic acids is 2. The second-order valence-corrected chi connectivity index (χ2v) is 5.19. The lowest BCUT2D eigenvalue weighted by atomic mass is 10.2. The lowest BCUT2D eigenvalue weighted by molar-refractivity contribution is 0.0241. The van der Waals surface area contributed by atoms with Gasteiger partial charge in [-0.1, -0.05) is 0 Å². The first kappa shape index (κ1) is 18.5. The number of rotatable bonds is 7. The van der Waals surface area contributed by atoms with Gasteiger partial charge in [-0.05, 0) is 34.1 Å². The number of hydrogen-bond donors (Lipinski definition) is 2. The highest BCUT2D eigenvalue weighted by atomic mass is 16.6. The van der Waals surface area contributed by atoms with Crippen molar-refractivity contribution < 1.29 is 24.2 Å². The predicted octanol–water partition coefficient (Wildman–Crippen LogP) is 1.35. The third-order valence-corrected chi connectivity index (χ3v) is 2.16. The van der Waals surface area contributed by atoms with Crippen LogP contribution in [0.2, 0.25) is 0 Å². The van der Waals surface area contributed by atoms with Crippen LogP contribution in [0.15, 0.2) is 0 Å². The van der Waals surface area contributed by atoms with Crippen molar-refractivity contribution in [3.05, 3.63) is 0 Å². The smallest absolute Gasteiger partial charge is 0.410 e. The minimum absolute atomic E-state index is 0.00932. The number of aliphatic hydroxyl groups excluding tert-OH is 1. The van der Waals surface area contributed by atoms with Crippen molar-refractivity contribution in [2.24, 2.45) is 0 Å². The Morgan fingerprint density at radius 1 is 1.25 bits per heavy atom. The summed E-state index contributed by atoms with van der Waals surface area (Å²) in [5, 5.41) is 11.4. The summed E-state index contributed by atoms with van der Waals surface area (Å²) in [7, 11) is 0. The Kier molecular flexibility index (Phi) is 8.71. The van der Waals surface area contributed by atoms with Gasteiger partial charge in [0.1, 0.15) is 5.60 Å². The summed E-state index contributed by atoms with van der Waals surface area (Å²) in [6, 6.07) is 0. The molecule has 0 atom stereocenters. The van der Waals surface area contributed by atoms with Gasteiger partial charge in [0.25, 0.3) is 0 Å². The number of hydrogen-bond acceptors (Lipinski definition) is 5. The first-order chi connectivity index (χ1) is 9.30. The molecule has 0 rings (SSSR count). The van der Waals surface area contributed by atoms with E-state index in [4.69, 9.17) is 14.6 Å². The van der Waals surface area contributed by atoms with E-state index in [1.807, 2.05) is 0 Å². The Morgan fingerprint density at radius 2 is 1.90 bits per heavy atom. The monoisotopic (exact) mass is 290 g/mol. The summed E-state index contributed by atoms with van der Waals surface area (Å²) in [5.41, 5.74) is -0.580. The Hall–Kier alpha value is -1.50. The predicted molar refractivity (Wildman–Crippen MR) is 74.5 cm³/mol. The molecule has 0 radical (unpaired) electrons. The molecule has 118 valence electrons. The first-order valence-electron chi connectivity index (χ1n) is 6.79. The molecular formula is C13H26N2O5. The molecule has 0 saturated carbocycles. The lowest BCUT2D eigenvalue weighted by Crippen LogP contribution is -2.42. The van der Waals surface area contributed by atoms with Crippen molar-refractivity contribution in [2.45, 2.75) is 39.7 Å². The highest BCUT2D eigenvalue weighted by Gasteiger charge is 2.21. The van der Waals surface area contributed by atoms with Crippen LogP contribution in [0.1, 0.15) is 34.1 Å². The highest BCUT2D eigenvalue weighted by molar-refractivity contribution is 5.69. The Bertz CT molecular complexity index is 302. The van der Waals surface area contributed by atoms with E-state index < -0.39 is 17.8 Å². The Morgan fingerprint density at radius 3 is 2.40 bits per heavy atom. The molecule has 0 unspecified atom stereocenters. The molecule has 20 heavy (non-hydrogen) atoms. The third kappa shape index (κ3) is 9.43.